The smallest absolute Gasteiger partial charge is 0.408 e. The van der Waals surface area contributed by atoms with Gasteiger partial charge in [-0.25, -0.2) is 63.1 Å². The second-order valence-electron chi connectivity index (χ2n) is 43.6. The maximum Gasteiger partial charge on any atom is 0.408 e. The van der Waals surface area contributed by atoms with Crippen molar-refractivity contribution in [1.82, 2.24) is 60.6 Å². The molecule has 6 aromatic rings. The number of aromatic nitrogens is 6. The van der Waals surface area contributed by atoms with Crippen LogP contribution in [0.4, 0.5) is 31.9 Å². The predicted octanol–water partition coefficient (Wildman–Crippen LogP) is 16.5. The number of carbonyl (C=O) groups excluding carboxylic acids is 9. The monoisotopic (exact) mass is 2050 g/mol. The quantitative estimate of drug-likeness (QED) is 0.0759. The molecule has 30 nitrogen and oxygen atoms in total. The van der Waals surface area contributed by atoms with Crippen molar-refractivity contribution < 1.29 is 159 Å². The van der Waals surface area contributed by atoms with E-state index in [9.17, 15) is 43.2 Å². The average molecular weight is 2060 g/mol. The number of carbonyl (C=O) groups is 6. The first kappa shape index (κ1) is 108. The van der Waals surface area contributed by atoms with E-state index in [0.29, 0.717) is 108 Å². The maximum atomic E-state index is 16.2. The summed E-state index contributed by atoms with van der Waals surface area (Å²) in [6, 6.07) is 9.42. The van der Waals surface area contributed by atoms with Gasteiger partial charge in [-0.1, -0.05) is 133 Å². The fraction of sp³-hybridized carbons (Fsp3) is 0.680. The van der Waals surface area contributed by atoms with E-state index in [-0.39, 0.29) is 165 Å². The van der Waals surface area contributed by atoms with Crippen molar-refractivity contribution in [2.45, 2.75) is 315 Å². The molecule has 6 amide bonds. The molecule has 9 heterocycles. The van der Waals surface area contributed by atoms with Crippen molar-refractivity contribution in [1.29, 1.82) is 0 Å². The number of alkyl carbamates (subject to hydrolysis) is 3. The van der Waals surface area contributed by atoms with Crippen LogP contribution in [0.5, 0.6) is 34.9 Å². The molecule has 6 aliphatic heterocycles. The fourth-order valence-electron chi connectivity index (χ4n) is 24.3. The summed E-state index contributed by atoms with van der Waals surface area (Å²) in [7, 11) is 4.60. The normalized spacial score (nSPS) is 32.3. The van der Waals surface area contributed by atoms with Crippen LogP contribution in [0.25, 0.3) is 33.1 Å². The Hall–Kier alpha value is -8.82. The van der Waals surface area contributed by atoms with Gasteiger partial charge >= 0.3 is 18.3 Å². The molecule has 6 saturated carbocycles. The summed E-state index contributed by atoms with van der Waals surface area (Å²) < 4.78 is 118. The van der Waals surface area contributed by atoms with Crippen molar-refractivity contribution in [3.05, 3.63) is 71.7 Å². The number of ether oxygens (including phenoxy) is 9. The molecule has 12 bridgehead atoms. The SMILES string of the molecule is CC[C@@H]1[C@@H]2CN(C(=O)[C@H](C(C)(C)C)NC(=O)O[C@@H]3[C@H]4CC[C@H](C4)[C@H]3CCCCC(F)(F)c3nc4ccc(OC)cc4nc3O2)[C@@H]1[C-]=O.COc1ccc2nc3c(nc2c1)O[C@H]1CN(C(=O)[C@H](C(C)(C)C)NC(=O)O[C@@H]2[C@H]4CC[C@H](C4)[C@H]2CCCCC3(F)F)[C@H]([C-]=O)[C@@H]1C.COc1ccc2nc3c(nc2c1)O[C@H]1CN(C(=O)[C@H](C(C)(C)C)NC(=O)O[C@@H]2[C@H]4CC[C@H](C4)[C@H]2CCCCC3)[C@H]([C-]=O)[C@@H]1C.[V].[V].[V]. The summed E-state index contributed by atoms with van der Waals surface area (Å²) in [4.78, 5) is 151. The molecule has 18 rings (SSSR count). The maximum absolute atomic E-state index is 16.2. The van der Waals surface area contributed by atoms with E-state index in [1.165, 1.54) is 35.3 Å². The zero-order valence-corrected chi connectivity index (χ0v) is 86.9. The summed E-state index contributed by atoms with van der Waals surface area (Å²) in [6.07, 6.45) is 17.4. The number of hydrogen-bond acceptors (Lipinski definition) is 24. The van der Waals surface area contributed by atoms with Crippen LogP contribution in [0.3, 0.4) is 0 Å². The van der Waals surface area contributed by atoms with Crippen molar-refractivity contribution >= 4 is 88.0 Å². The summed E-state index contributed by atoms with van der Waals surface area (Å²) >= 11 is 0. The fourth-order valence-corrected chi connectivity index (χ4v) is 24.3. The largest absolute Gasteiger partial charge is 0.540 e. The number of methoxy groups -OCH3 is 3. The molecule has 3 aromatic heterocycles. The molecule has 6 aliphatic carbocycles. The molecule has 0 spiro atoms. The minimum absolute atomic E-state index is 0. The van der Waals surface area contributed by atoms with Gasteiger partial charge in [0.1, 0.15) is 77.7 Å². The van der Waals surface area contributed by atoms with E-state index in [4.69, 9.17) is 52.6 Å². The first-order chi connectivity index (χ1) is 65.2. The standard InChI is InChI=1S/C35H45F2N4O6.C34H43F2N4O6.C34H45N4O6.3V/c1-6-22-26(18-42)41-17-27(22)46-31-29(38-24-13-12-21(45-5)16-25(24)39-31)35(36,37)14-8-7-9-23-19-10-11-20(15-19)28(23)47-33(44)40-30(32(41)43)34(2,3)4;1-18-25(17-41)40-16-26(18)45-30-28(37-23-12-11-21(44-5)15-24(23)38-30)34(35,36)13-7-6-8-22-19-9-10-20(14-19)27(22)46-32(43)39-29(31(40)42)33(2,3)4;1-19-27(18-39)38-17-28(19)43-31-25(35-24-14-13-22(42-5)16-26(24)36-31)10-8-6-7-9-23-20-11-12-21(15-20)29(23)44-33(41)37-30(32(38)40)34(2,3)4;;;/h12-13,16,19-20,22-23,26-28,30H,6-11,14-15,17H2,1-5H3,(H,40,44);11-12,15,18-20,22,25-27,29H,6-10,13-14,16H2,1-5H3,(H,39,43);13-14,16,19-21,23,27-30H,6-12,15,17H2,1-5H3,(H,37,41);;;/q3*-1;;;/t19-,20+,22+,23-,26-,27+,28-,30-;18-,19+,20-,22+,25+,26-,27+,29+;19-,20+,21-,23+,27+,28-,29+,30+;;;/m100.../s1. The summed E-state index contributed by atoms with van der Waals surface area (Å²) in [6.45, 7) is 22.1. The van der Waals surface area contributed by atoms with E-state index < -0.39 is 149 Å². The Morgan fingerprint density at radius 1 is 0.400 bits per heavy atom. The van der Waals surface area contributed by atoms with Crippen molar-refractivity contribution in [2.24, 2.45) is 87.3 Å². The Morgan fingerprint density at radius 3 is 1.07 bits per heavy atom. The average Bonchev–Trinajstić information content (AvgIpc) is 1.17. The van der Waals surface area contributed by atoms with E-state index in [1.54, 1.807) is 50.4 Å². The number of halogens is 4. The van der Waals surface area contributed by atoms with Gasteiger partial charge in [-0.2, -0.15) is 17.6 Å². The van der Waals surface area contributed by atoms with Crippen molar-refractivity contribution in [3.63, 3.8) is 0 Å². The minimum Gasteiger partial charge on any atom is -0.540 e. The number of aryl methyl sites for hydroxylation is 1. The van der Waals surface area contributed by atoms with Crippen LogP contribution in [0.15, 0.2) is 54.6 Å². The third kappa shape index (κ3) is 22.8. The van der Waals surface area contributed by atoms with Gasteiger partial charge in [0, 0.05) is 86.7 Å². The van der Waals surface area contributed by atoms with Gasteiger partial charge in [0.05, 0.1) is 74.1 Å². The number of hydrogen-bond donors (Lipinski definition) is 3. The van der Waals surface area contributed by atoms with Gasteiger partial charge in [0.25, 0.3) is 11.8 Å². The van der Waals surface area contributed by atoms with E-state index >= 15 is 17.6 Å². The number of benzene rings is 3. The number of rotatable bonds is 7. The summed E-state index contributed by atoms with van der Waals surface area (Å²) in [5.41, 5.74) is 0.111. The number of amides is 6. The molecule has 3 radical (unpaired) electrons. The number of nitrogens with zero attached hydrogens (tertiary/aromatic N) is 9. The predicted molar refractivity (Wildman–Crippen MR) is 497 cm³/mol. The zero-order chi connectivity index (χ0) is 97.8. The van der Waals surface area contributed by atoms with Crippen LogP contribution < -0.4 is 44.4 Å². The molecule has 37 heteroatoms. The van der Waals surface area contributed by atoms with Crippen molar-refractivity contribution in [2.75, 3.05) is 41.0 Å². The molecule has 24 atom stereocenters. The summed E-state index contributed by atoms with van der Waals surface area (Å²) in [5.74, 6) is -5.57. The molecule has 759 valence electrons. The van der Waals surface area contributed by atoms with Gasteiger partial charge in [-0.15, -0.1) is 0 Å². The van der Waals surface area contributed by atoms with Crippen LogP contribution in [0.2, 0.25) is 0 Å². The molecule has 3 saturated heterocycles. The summed E-state index contributed by atoms with van der Waals surface area (Å²) in [5, 5.41) is 8.59. The Bertz CT molecular complexity index is 5480. The molecular weight excluding hydrogens is 1920 g/mol. The van der Waals surface area contributed by atoms with Crippen molar-refractivity contribution in [3.8, 4) is 34.9 Å². The third-order valence-corrected chi connectivity index (χ3v) is 31.8. The molecule has 9 fully saturated rings. The molecule has 3 N–H and O–H groups in total. The van der Waals surface area contributed by atoms with Crippen LogP contribution in [0, 0.1) is 87.3 Å². The molecule has 12 aliphatic rings. The topological polar surface area (TPSA) is 360 Å². The van der Waals surface area contributed by atoms with E-state index in [0.717, 1.165) is 88.3 Å². The van der Waals surface area contributed by atoms with Gasteiger partial charge in [0.15, 0.2) is 11.4 Å². The van der Waals surface area contributed by atoms with Crippen LogP contribution >= 0.6 is 0 Å². The second-order valence-corrected chi connectivity index (χ2v) is 43.6. The van der Waals surface area contributed by atoms with Gasteiger partial charge < -0.3 is 87.7 Å². The van der Waals surface area contributed by atoms with Gasteiger partial charge in [-0.3, -0.25) is 14.4 Å². The molecule has 3 aromatic carbocycles. The zero-order valence-electron chi connectivity index (χ0n) is 82.7. The Morgan fingerprint density at radius 2 is 0.721 bits per heavy atom. The first-order valence-electron chi connectivity index (χ1n) is 49.5. The minimum atomic E-state index is -3.37. The van der Waals surface area contributed by atoms with Crippen LogP contribution in [-0.2, 0) is 117 Å². The first-order valence-corrected chi connectivity index (χ1v) is 49.5. The second kappa shape index (κ2) is 44.4. The molecule has 140 heavy (non-hydrogen) atoms. The number of nitrogens with one attached hydrogen (secondary N) is 3. The Balaban J connectivity index is 0.000000175. The van der Waals surface area contributed by atoms with Crippen LogP contribution in [0.1, 0.15) is 241 Å². The van der Waals surface area contributed by atoms with E-state index in [2.05, 4.69) is 42.2 Å². The number of fused-ring (bicyclic) bond motifs is 27. The molecular formula is C103H133F4N12O18V3-3. The van der Waals surface area contributed by atoms with Gasteiger partial charge in [-0.05, 0) is 226 Å². The van der Waals surface area contributed by atoms with Gasteiger partial charge in [0.2, 0.25) is 35.4 Å². The third-order valence-electron chi connectivity index (χ3n) is 31.8. The van der Waals surface area contributed by atoms with E-state index in [1.807, 2.05) is 107 Å². The Kier molecular flexibility index (Phi) is 34.4. The Labute approximate surface area is 852 Å². The van der Waals surface area contributed by atoms with Crippen LogP contribution in [-0.4, -0.2) is 213 Å². The number of alkyl halides is 4. The molecule has 0 unspecified atom stereocenters.